The number of unbranched alkanes of at least 4 members (excludes halogenated alkanes) is 6. The molecule has 0 aromatic carbocycles. The van der Waals surface area contributed by atoms with Crippen molar-refractivity contribution in [3.63, 3.8) is 0 Å². The van der Waals surface area contributed by atoms with E-state index >= 15 is 0 Å². The van der Waals surface area contributed by atoms with Crippen molar-refractivity contribution in [2.75, 3.05) is 6.61 Å². The molecule has 0 aliphatic carbocycles. The summed E-state index contributed by atoms with van der Waals surface area (Å²) in [6.07, 6.45) is 8.67. The van der Waals surface area contributed by atoms with Crippen molar-refractivity contribution >= 4 is 5.97 Å². The quantitative estimate of drug-likeness (QED) is 0.310. The van der Waals surface area contributed by atoms with Crippen LogP contribution in [0.15, 0.2) is 11.1 Å². The first-order chi connectivity index (χ1) is 9.30. The van der Waals surface area contributed by atoms with Crippen molar-refractivity contribution < 1.29 is 9.53 Å². The summed E-state index contributed by atoms with van der Waals surface area (Å²) in [7, 11) is 0. The highest BCUT2D eigenvalue weighted by molar-refractivity contribution is 5.90. The fourth-order valence-corrected chi connectivity index (χ4v) is 2.56. The van der Waals surface area contributed by atoms with Crippen LogP contribution in [0.25, 0.3) is 0 Å². The molecular weight excluding hydrogens is 248 g/mol. The van der Waals surface area contributed by atoms with E-state index in [1.165, 1.54) is 32.1 Å². The maximum atomic E-state index is 12.1. The molecule has 0 fully saturated rings. The van der Waals surface area contributed by atoms with E-state index in [0.717, 1.165) is 24.0 Å². The molecule has 118 valence electrons. The normalized spacial score (nSPS) is 11.3. The summed E-state index contributed by atoms with van der Waals surface area (Å²) in [5, 5.41) is 0. The molecule has 0 rings (SSSR count). The molecule has 0 saturated heterocycles. The second-order valence-corrected chi connectivity index (χ2v) is 6.88. The zero-order chi connectivity index (χ0) is 15.6. The number of rotatable bonds is 9. The molecular formula is C18H34O2. The third kappa shape index (κ3) is 8.39. The molecule has 0 unspecified atom stereocenters. The van der Waals surface area contributed by atoms with Gasteiger partial charge in [0, 0.05) is 5.57 Å². The van der Waals surface area contributed by atoms with Crippen LogP contribution in [0.3, 0.4) is 0 Å². The summed E-state index contributed by atoms with van der Waals surface area (Å²) < 4.78 is 5.42. The first kappa shape index (κ1) is 19.2. The minimum Gasteiger partial charge on any atom is -0.462 e. The van der Waals surface area contributed by atoms with Crippen LogP contribution in [0.5, 0.6) is 0 Å². The molecule has 0 bridgehead atoms. The van der Waals surface area contributed by atoms with Gasteiger partial charge >= 0.3 is 5.97 Å². The predicted octanol–water partition coefficient (Wildman–Crippen LogP) is 5.66. The van der Waals surface area contributed by atoms with Crippen molar-refractivity contribution in [3.05, 3.63) is 11.1 Å². The van der Waals surface area contributed by atoms with Crippen LogP contribution in [0.2, 0.25) is 0 Å². The molecule has 0 heterocycles. The van der Waals surface area contributed by atoms with Crippen LogP contribution in [0, 0.1) is 5.41 Å². The molecule has 0 aromatic rings. The molecule has 0 aliphatic rings. The van der Waals surface area contributed by atoms with Crippen molar-refractivity contribution in [3.8, 4) is 0 Å². The predicted molar refractivity (Wildman–Crippen MR) is 86.8 cm³/mol. The number of carbonyl (C=O) groups is 1. The van der Waals surface area contributed by atoms with Gasteiger partial charge in [0.2, 0.25) is 0 Å². The van der Waals surface area contributed by atoms with Gasteiger partial charge in [-0.1, -0.05) is 71.8 Å². The lowest BCUT2D eigenvalue weighted by Gasteiger charge is -2.23. The van der Waals surface area contributed by atoms with E-state index in [0.29, 0.717) is 6.61 Å². The maximum Gasteiger partial charge on any atom is 0.334 e. The fourth-order valence-electron chi connectivity index (χ4n) is 2.56. The van der Waals surface area contributed by atoms with Crippen LogP contribution < -0.4 is 0 Å². The van der Waals surface area contributed by atoms with Crippen LogP contribution in [0.4, 0.5) is 0 Å². The molecule has 20 heavy (non-hydrogen) atoms. The SMILES string of the molecule is CCCCCCCCCOC(=O)C(=C(C)C)C(C)(C)C. The van der Waals surface area contributed by atoms with Gasteiger partial charge in [0.05, 0.1) is 6.61 Å². The van der Waals surface area contributed by atoms with Crippen molar-refractivity contribution in [2.45, 2.75) is 86.5 Å². The highest BCUT2D eigenvalue weighted by Crippen LogP contribution is 2.29. The maximum absolute atomic E-state index is 12.1. The van der Waals surface area contributed by atoms with Gasteiger partial charge in [0.15, 0.2) is 0 Å². The van der Waals surface area contributed by atoms with E-state index in [2.05, 4.69) is 27.7 Å². The lowest BCUT2D eigenvalue weighted by Crippen LogP contribution is -2.22. The van der Waals surface area contributed by atoms with E-state index in [4.69, 9.17) is 4.74 Å². The molecule has 0 atom stereocenters. The van der Waals surface area contributed by atoms with Gasteiger partial charge in [-0.15, -0.1) is 0 Å². The number of hydrogen-bond donors (Lipinski definition) is 0. The Balaban J connectivity index is 3.91. The minimum atomic E-state index is -0.143. The molecule has 0 saturated carbocycles. The number of hydrogen-bond acceptors (Lipinski definition) is 2. The molecule has 0 N–H and O–H groups in total. The topological polar surface area (TPSA) is 26.3 Å². The molecule has 2 heteroatoms. The van der Waals surface area contributed by atoms with Gasteiger partial charge in [-0.25, -0.2) is 4.79 Å². The second-order valence-electron chi connectivity index (χ2n) is 6.88. The summed E-state index contributed by atoms with van der Waals surface area (Å²) >= 11 is 0. The van der Waals surface area contributed by atoms with E-state index in [1.807, 2.05) is 13.8 Å². The van der Waals surface area contributed by atoms with E-state index in [1.54, 1.807) is 0 Å². The van der Waals surface area contributed by atoms with Gasteiger partial charge in [-0.05, 0) is 25.7 Å². The van der Waals surface area contributed by atoms with Gasteiger partial charge in [0.1, 0.15) is 0 Å². The summed E-state index contributed by atoms with van der Waals surface area (Å²) in [6.45, 7) is 12.9. The Kier molecular flexibility index (Phi) is 9.62. The van der Waals surface area contributed by atoms with E-state index in [-0.39, 0.29) is 11.4 Å². The highest BCUT2D eigenvalue weighted by atomic mass is 16.5. The van der Waals surface area contributed by atoms with Crippen LogP contribution >= 0.6 is 0 Å². The Morgan fingerprint density at radius 2 is 1.40 bits per heavy atom. The van der Waals surface area contributed by atoms with Crippen LogP contribution in [0.1, 0.15) is 86.5 Å². The Bertz CT molecular complexity index is 304. The van der Waals surface area contributed by atoms with E-state index in [9.17, 15) is 4.79 Å². The summed E-state index contributed by atoms with van der Waals surface area (Å²) in [5.74, 6) is -0.136. The third-order valence-corrected chi connectivity index (χ3v) is 3.44. The van der Waals surface area contributed by atoms with Crippen LogP contribution in [-0.4, -0.2) is 12.6 Å². The molecule has 0 spiro atoms. The molecule has 0 aliphatic heterocycles. The van der Waals surface area contributed by atoms with Crippen molar-refractivity contribution in [1.29, 1.82) is 0 Å². The molecule has 0 radical (unpaired) electrons. The number of esters is 1. The first-order valence-corrected chi connectivity index (χ1v) is 8.15. The number of ether oxygens (including phenoxy) is 1. The standard InChI is InChI=1S/C18H34O2/c1-7-8-9-10-11-12-13-14-20-17(19)16(15(2)3)18(4,5)6/h7-14H2,1-6H3. The Labute approximate surface area is 126 Å². The van der Waals surface area contributed by atoms with Crippen molar-refractivity contribution in [1.82, 2.24) is 0 Å². The molecule has 2 nitrogen and oxygen atoms in total. The number of carbonyl (C=O) groups excluding carboxylic acids is 1. The van der Waals surface area contributed by atoms with E-state index < -0.39 is 0 Å². The summed E-state index contributed by atoms with van der Waals surface area (Å²) in [6, 6.07) is 0. The average molecular weight is 282 g/mol. The lowest BCUT2D eigenvalue weighted by molar-refractivity contribution is -0.140. The zero-order valence-corrected chi connectivity index (χ0v) is 14.5. The first-order valence-electron chi connectivity index (χ1n) is 8.15. The Hall–Kier alpha value is -0.790. The fraction of sp³-hybridized carbons (Fsp3) is 0.833. The average Bonchev–Trinajstić information content (AvgIpc) is 2.30. The monoisotopic (exact) mass is 282 g/mol. The van der Waals surface area contributed by atoms with Gasteiger partial charge in [0.25, 0.3) is 0 Å². The highest BCUT2D eigenvalue weighted by Gasteiger charge is 2.26. The molecule has 0 amide bonds. The van der Waals surface area contributed by atoms with Gasteiger partial charge in [-0.2, -0.15) is 0 Å². The van der Waals surface area contributed by atoms with Gasteiger partial charge < -0.3 is 4.74 Å². The summed E-state index contributed by atoms with van der Waals surface area (Å²) in [5.41, 5.74) is 1.73. The van der Waals surface area contributed by atoms with Gasteiger partial charge in [-0.3, -0.25) is 0 Å². The third-order valence-electron chi connectivity index (χ3n) is 3.44. The lowest BCUT2D eigenvalue weighted by atomic mass is 9.84. The largest absolute Gasteiger partial charge is 0.462 e. The summed E-state index contributed by atoms with van der Waals surface area (Å²) in [4.78, 5) is 12.1. The Morgan fingerprint density at radius 3 is 1.85 bits per heavy atom. The molecule has 0 aromatic heterocycles. The van der Waals surface area contributed by atoms with Crippen LogP contribution in [-0.2, 0) is 9.53 Å². The van der Waals surface area contributed by atoms with Crippen molar-refractivity contribution in [2.24, 2.45) is 5.41 Å². The second kappa shape index (κ2) is 10.0. The Morgan fingerprint density at radius 1 is 0.900 bits per heavy atom. The number of allylic oxidation sites excluding steroid dienone is 1. The zero-order valence-electron chi connectivity index (χ0n) is 14.5. The smallest absolute Gasteiger partial charge is 0.334 e. The minimum absolute atomic E-state index is 0.136.